The van der Waals surface area contributed by atoms with E-state index in [1.807, 2.05) is 50.2 Å². The molecular weight excluding hydrogens is 496 g/mol. The molecule has 2 aromatic carbocycles. The van der Waals surface area contributed by atoms with Crippen LogP contribution in [0.25, 0.3) is 16.9 Å². The Kier molecular flexibility index (Phi) is 7.78. The number of hydrogen-bond acceptors (Lipinski definition) is 8. The van der Waals surface area contributed by atoms with Crippen molar-refractivity contribution in [2.24, 2.45) is 0 Å². The van der Waals surface area contributed by atoms with Gasteiger partial charge in [0.15, 0.2) is 11.5 Å². The summed E-state index contributed by atoms with van der Waals surface area (Å²) in [7, 11) is 3.33. The normalized spacial score (nSPS) is 11.8. The Morgan fingerprint density at radius 3 is 2.46 bits per heavy atom. The molecule has 1 amide bonds. The van der Waals surface area contributed by atoms with Gasteiger partial charge in [0.1, 0.15) is 35.0 Å². The van der Waals surface area contributed by atoms with Crippen LogP contribution in [0.4, 0.5) is 5.82 Å². The van der Waals surface area contributed by atoms with Gasteiger partial charge < -0.3 is 20.7 Å². The molecule has 0 bridgehead atoms. The number of nitrogens with two attached hydrogens (primary N) is 1. The number of fused-ring (bicyclic) bond motifs is 1. The summed E-state index contributed by atoms with van der Waals surface area (Å²) in [5, 5.41) is 12.6. The number of aromatic nitrogens is 4. The average Bonchev–Trinajstić information content (AvgIpc) is 3.23. The van der Waals surface area contributed by atoms with E-state index in [0.29, 0.717) is 28.4 Å². The smallest absolute Gasteiger partial charge is 0.335 e. The van der Waals surface area contributed by atoms with E-state index >= 15 is 0 Å². The number of imidazole rings is 1. The van der Waals surface area contributed by atoms with Crippen molar-refractivity contribution >= 4 is 22.9 Å². The highest BCUT2D eigenvalue weighted by molar-refractivity contribution is 5.97. The van der Waals surface area contributed by atoms with E-state index in [1.54, 1.807) is 44.4 Å². The summed E-state index contributed by atoms with van der Waals surface area (Å²) in [6, 6.07) is 18.4. The Bertz CT molecular complexity index is 1610. The molecule has 4 rings (SSSR count). The number of benzene rings is 2. The Hall–Kier alpha value is -4.95. The minimum atomic E-state index is -0.540. The Labute approximate surface area is 225 Å². The van der Waals surface area contributed by atoms with Crippen molar-refractivity contribution in [1.82, 2.24) is 29.3 Å². The number of rotatable bonds is 9. The molecule has 2 heterocycles. The fraction of sp³-hybridized carbons (Fsp3) is 0.250. The van der Waals surface area contributed by atoms with Crippen molar-refractivity contribution in [1.29, 1.82) is 5.26 Å². The molecule has 200 valence electrons. The maximum atomic E-state index is 13.6. The molecule has 0 spiro atoms. The van der Waals surface area contributed by atoms with Crippen LogP contribution in [0, 0.1) is 11.3 Å². The van der Waals surface area contributed by atoms with Gasteiger partial charge in [0.25, 0.3) is 5.91 Å². The van der Waals surface area contributed by atoms with E-state index in [2.05, 4.69) is 15.3 Å². The van der Waals surface area contributed by atoms with E-state index in [1.165, 1.54) is 20.4 Å². The third kappa shape index (κ3) is 5.81. The van der Waals surface area contributed by atoms with E-state index in [9.17, 15) is 14.9 Å². The molecule has 0 atom stereocenters. The minimum Gasteiger partial charge on any atom is -0.457 e. The molecule has 0 aliphatic rings. The molecular formula is C28H30N8O3. The molecule has 11 nitrogen and oxygen atoms in total. The summed E-state index contributed by atoms with van der Waals surface area (Å²) in [6.07, 6.45) is 2.88. The minimum absolute atomic E-state index is 0.0102. The first-order chi connectivity index (χ1) is 18.6. The second-order valence-electron chi connectivity index (χ2n) is 9.48. The van der Waals surface area contributed by atoms with Crippen molar-refractivity contribution < 1.29 is 9.53 Å². The number of carbonyl (C=O) groups is 1. The van der Waals surface area contributed by atoms with E-state index < -0.39 is 11.4 Å². The Balaban J connectivity index is 1.63. The predicted molar refractivity (Wildman–Crippen MR) is 149 cm³/mol. The van der Waals surface area contributed by atoms with Gasteiger partial charge in [0, 0.05) is 25.7 Å². The molecule has 0 aliphatic carbocycles. The number of anilines is 1. The van der Waals surface area contributed by atoms with E-state index in [-0.39, 0.29) is 30.2 Å². The van der Waals surface area contributed by atoms with Crippen LogP contribution in [0.5, 0.6) is 11.5 Å². The molecule has 0 aliphatic heterocycles. The van der Waals surface area contributed by atoms with Crippen molar-refractivity contribution in [3.63, 3.8) is 0 Å². The van der Waals surface area contributed by atoms with Crippen molar-refractivity contribution in [3.8, 4) is 23.3 Å². The van der Waals surface area contributed by atoms with E-state index in [4.69, 9.17) is 10.5 Å². The highest BCUT2D eigenvalue weighted by atomic mass is 16.5. The van der Waals surface area contributed by atoms with Gasteiger partial charge in [-0.15, -0.1) is 0 Å². The van der Waals surface area contributed by atoms with Gasteiger partial charge in [-0.3, -0.25) is 13.9 Å². The number of amides is 1. The molecule has 0 fully saturated rings. The number of nitrogens with zero attached hydrogens (tertiary/aromatic N) is 6. The zero-order chi connectivity index (χ0) is 28.2. The highest BCUT2D eigenvalue weighted by Gasteiger charge is 2.22. The summed E-state index contributed by atoms with van der Waals surface area (Å²) >= 11 is 0. The van der Waals surface area contributed by atoms with Crippen LogP contribution in [0.1, 0.15) is 13.8 Å². The zero-order valence-corrected chi connectivity index (χ0v) is 22.3. The van der Waals surface area contributed by atoms with Gasteiger partial charge >= 0.3 is 5.69 Å². The quantitative estimate of drug-likeness (QED) is 0.250. The van der Waals surface area contributed by atoms with Crippen LogP contribution in [0.2, 0.25) is 0 Å². The fourth-order valence-electron chi connectivity index (χ4n) is 3.96. The fourth-order valence-corrected chi connectivity index (χ4v) is 3.96. The zero-order valence-electron chi connectivity index (χ0n) is 22.3. The monoisotopic (exact) mass is 526 g/mol. The van der Waals surface area contributed by atoms with Crippen LogP contribution < -0.4 is 21.5 Å². The largest absolute Gasteiger partial charge is 0.457 e. The van der Waals surface area contributed by atoms with Gasteiger partial charge in [-0.2, -0.15) is 5.26 Å². The second-order valence-corrected chi connectivity index (χ2v) is 9.48. The molecule has 0 unspecified atom stereocenters. The lowest BCUT2D eigenvalue weighted by Gasteiger charge is -2.22. The number of nitrogens with one attached hydrogen (secondary N) is 1. The standard InChI is InChI=1S/C28H30N8O3/c1-28(2,31-3)16-19(17-29)26(37)34(4)14-15-35-25-23(24(30)32-18-33-25)36(27(35)38)20-10-12-22(13-11-20)39-21-8-6-5-7-9-21/h5-13,16,18,31H,14-15H2,1-4H3,(H2,30,32,33). The Morgan fingerprint density at radius 1 is 1.15 bits per heavy atom. The Morgan fingerprint density at radius 2 is 1.82 bits per heavy atom. The number of nitriles is 1. The van der Waals surface area contributed by atoms with Crippen molar-refractivity contribution in [3.05, 3.63) is 83.1 Å². The number of ether oxygens (including phenoxy) is 1. The summed E-state index contributed by atoms with van der Waals surface area (Å²) in [5.41, 5.74) is 6.52. The third-order valence-electron chi connectivity index (χ3n) is 6.31. The molecule has 11 heteroatoms. The molecule has 0 saturated heterocycles. The lowest BCUT2D eigenvalue weighted by molar-refractivity contribution is -0.125. The number of carbonyl (C=O) groups excluding carboxylic acids is 1. The summed E-state index contributed by atoms with van der Waals surface area (Å²) in [4.78, 5) is 36.3. The SMILES string of the molecule is CNC(C)(C)C=C(C#N)C(=O)N(C)CCn1c(=O)n(-c2ccc(Oc3ccccc3)cc2)c2c(N)ncnc21. The molecule has 39 heavy (non-hydrogen) atoms. The summed E-state index contributed by atoms with van der Waals surface area (Å²) in [5.74, 6) is 1.00. The number of nitrogen functional groups attached to an aromatic ring is 1. The number of hydrogen-bond donors (Lipinski definition) is 2. The average molecular weight is 527 g/mol. The maximum absolute atomic E-state index is 13.6. The van der Waals surface area contributed by atoms with Gasteiger partial charge in [0.05, 0.1) is 5.69 Å². The first-order valence-corrected chi connectivity index (χ1v) is 12.3. The van der Waals surface area contributed by atoms with Crippen LogP contribution in [-0.4, -0.2) is 56.1 Å². The molecule has 4 aromatic rings. The third-order valence-corrected chi connectivity index (χ3v) is 6.31. The molecule has 0 saturated carbocycles. The molecule has 0 radical (unpaired) electrons. The van der Waals surface area contributed by atoms with Crippen LogP contribution in [-0.2, 0) is 11.3 Å². The first kappa shape index (κ1) is 27.1. The van der Waals surface area contributed by atoms with Gasteiger partial charge in [-0.1, -0.05) is 18.2 Å². The first-order valence-electron chi connectivity index (χ1n) is 12.3. The van der Waals surface area contributed by atoms with Gasteiger partial charge in [-0.25, -0.2) is 14.8 Å². The molecule has 2 aromatic heterocycles. The topological polar surface area (TPSA) is 144 Å². The van der Waals surface area contributed by atoms with Gasteiger partial charge in [-0.05, 0) is 63.4 Å². The van der Waals surface area contributed by atoms with Crippen LogP contribution in [0.3, 0.4) is 0 Å². The maximum Gasteiger partial charge on any atom is 0.335 e. The second kappa shape index (κ2) is 11.2. The lowest BCUT2D eigenvalue weighted by Crippen LogP contribution is -2.37. The lowest BCUT2D eigenvalue weighted by atomic mass is 10.0. The number of para-hydroxylation sites is 1. The highest BCUT2D eigenvalue weighted by Crippen LogP contribution is 2.25. The number of likely N-dealkylation sites (N-methyl/N-ethyl adjacent to an activating group) is 2. The summed E-state index contributed by atoms with van der Waals surface area (Å²) < 4.78 is 8.74. The van der Waals surface area contributed by atoms with Crippen LogP contribution >= 0.6 is 0 Å². The van der Waals surface area contributed by atoms with Gasteiger partial charge in [0.2, 0.25) is 0 Å². The van der Waals surface area contributed by atoms with Crippen molar-refractivity contribution in [2.45, 2.75) is 25.9 Å². The molecule has 3 N–H and O–H groups in total. The van der Waals surface area contributed by atoms with Crippen LogP contribution in [0.15, 0.2) is 77.4 Å². The predicted octanol–water partition coefficient (Wildman–Crippen LogP) is 2.86. The van der Waals surface area contributed by atoms with E-state index in [0.717, 1.165) is 0 Å². The van der Waals surface area contributed by atoms with Crippen molar-refractivity contribution in [2.75, 3.05) is 26.4 Å². The summed E-state index contributed by atoms with van der Waals surface area (Å²) in [6.45, 7) is 4.00.